The molecule has 0 aliphatic heterocycles. The van der Waals surface area contributed by atoms with Crippen molar-refractivity contribution in [2.45, 2.75) is 14.7 Å². The van der Waals surface area contributed by atoms with Crippen molar-refractivity contribution in [2.24, 2.45) is 0 Å². The van der Waals surface area contributed by atoms with E-state index in [0.717, 1.165) is 20.4 Å². The molecule has 25 heavy (non-hydrogen) atoms. The second-order valence-electron chi connectivity index (χ2n) is 5.13. The fraction of sp³-hybridized carbons (Fsp3) is 0.0526. The summed E-state index contributed by atoms with van der Waals surface area (Å²) in [6.07, 6.45) is 0. The van der Waals surface area contributed by atoms with Crippen LogP contribution >= 0.6 is 46.4 Å². The highest BCUT2D eigenvalue weighted by molar-refractivity contribution is 7.97. The van der Waals surface area contributed by atoms with Gasteiger partial charge in [-0.2, -0.15) is 0 Å². The van der Waals surface area contributed by atoms with Gasteiger partial charge in [0.1, 0.15) is 16.6 Å². The van der Waals surface area contributed by atoms with Gasteiger partial charge in [0.05, 0.1) is 17.2 Å². The first kappa shape index (κ1) is 18.8. The normalized spacial score (nSPS) is 11.0. The first-order valence-corrected chi connectivity index (χ1v) is 10.0. The number of benzene rings is 3. The molecule has 0 bridgehead atoms. The van der Waals surface area contributed by atoms with Gasteiger partial charge in [0.25, 0.3) is 0 Å². The van der Waals surface area contributed by atoms with Crippen molar-refractivity contribution < 1.29 is 4.74 Å². The molecule has 0 saturated carbocycles. The van der Waals surface area contributed by atoms with E-state index in [1.54, 1.807) is 19.2 Å². The fourth-order valence-corrected chi connectivity index (χ4v) is 5.71. The van der Waals surface area contributed by atoms with Crippen LogP contribution in [0.1, 0.15) is 0 Å². The Kier molecular flexibility index (Phi) is 6.08. The Morgan fingerprint density at radius 3 is 1.56 bits per heavy atom. The molecule has 128 valence electrons. The van der Waals surface area contributed by atoms with Crippen molar-refractivity contribution >= 4 is 57.3 Å². The van der Waals surface area contributed by atoms with Crippen LogP contribution in [0.3, 0.4) is 0 Å². The lowest BCUT2D eigenvalue weighted by molar-refractivity contribution is 0.414. The van der Waals surface area contributed by atoms with Crippen LogP contribution in [0.2, 0.25) is 20.1 Å². The minimum Gasteiger partial charge on any atom is -0.497 e. The van der Waals surface area contributed by atoms with Crippen LogP contribution in [0, 0.1) is 0 Å². The average molecular weight is 431 g/mol. The molecule has 6 heteroatoms. The van der Waals surface area contributed by atoms with Gasteiger partial charge in [-0.1, -0.05) is 46.4 Å². The minimum atomic E-state index is -0.501. The van der Waals surface area contributed by atoms with Gasteiger partial charge in [-0.25, -0.2) is 0 Å². The molecule has 3 rings (SSSR count). The molecule has 0 unspecified atom stereocenters. The van der Waals surface area contributed by atoms with E-state index >= 15 is 0 Å². The van der Waals surface area contributed by atoms with Gasteiger partial charge in [-0.3, -0.25) is 0 Å². The smallest absolute Gasteiger partial charge is 0.185 e. The molecule has 0 aromatic heterocycles. The van der Waals surface area contributed by atoms with Gasteiger partial charge in [0.2, 0.25) is 0 Å². The summed E-state index contributed by atoms with van der Waals surface area (Å²) in [5.74, 6) is 0.789. The molecular weight excluding hydrogens is 418 g/mol. The Labute approximate surface area is 169 Å². The zero-order valence-electron chi connectivity index (χ0n) is 13.1. The summed E-state index contributed by atoms with van der Waals surface area (Å²) in [5.41, 5.74) is 0. The Balaban J connectivity index is 2.19. The van der Waals surface area contributed by atoms with Crippen molar-refractivity contribution in [1.82, 2.24) is 0 Å². The SMILES string of the molecule is COc1ccc([S+](c2ccc(Cl)cc2Cl)c2ccc(Cl)cc2Cl)cc1. The summed E-state index contributed by atoms with van der Waals surface area (Å²) in [5, 5.41) is 2.37. The molecule has 3 aromatic rings. The first-order valence-electron chi connectivity index (χ1n) is 7.28. The maximum Gasteiger partial charge on any atom is 0.185 e. The van der Waals surface area contributed by atoms with E-state index in [-0.39, 0.29) is 0 Å². The van der Waals surface area contributed by atoms with E-state index in [1.165, 1.54) is 0 Å². The third kappa shape index (κ3) is 4.21. The molecule has 0 N–H and O–H groups in total. The van der Waals surface area contributed by atoms with Gasteiger partial charge in [-0.15, -0.1) is 0 Å². The van der Waals surface area contributed by atoms with E-state index in [4.69, 9.17) is 51.1 Å². The van der Waals surface area contributed by atoms with Crippen molar-refractivity contribution in [2.75, 3.05) is 7.11 Å². The summed E-state index contributed by atoms with van der Waals surface area (Å²) >= 11 is 25.1. The van der Waals surface area contributed by atoms with Crippen LogP contribution < -0.4 is 4.74 Å². The first-order chi connectivity index (χ1) is 12.0. The van der Waals surface area contributed by atoms with Crippen LogP contribution in [0.15, 0.2) is 75.4 Å². The molecule has 0 saturated heterocycles. The maximum absolute atomic E-state index is 6.49. The lowest BCUT2D eigenvalue weighted by atomic mass is 10.3. The van der Waals surface area contributed by atoms with Gasteiger partial charge >= 0.3 is 0 Å². The second-order valence-corrected chi connectivity index (χ2v) is 8.78. The van der Waals surface area contributed by atoms with Crippen LogP contribution in [0.25, 0.3) is 0 Å². The quantitative estimate of drug-likeness (QED) is 0.391. The lowest BCUT2D eigenvalue weighted by Gasteiger charge is -2.11. The number of methoxy groups -OCH3 is 1. The Morgan fingerprint density at radius 1 is 0.680 bits per heavy atom. The molecule has 0 heterocycles. The highest BCUT2D eigenvalue weighted by Gasteiger charge is 2.33. The van der Waals surface area contributed by atoms with E-state index in [9.17, 15) is 0 Å². The summed E-state index contributed by atoms with van der Waals surface area (Å²) < 4.78 is 5.26. The number of rotatable bonds is 4. The summed E-state index contributed by atoms with van der Waals surface area (Å²) in [6, 6.07) is 18.9. The number of hydrogen-bond acceptors (Lipinski definition) is 1. The van der Waals surface area contributed by atoms with E-state index in [0.29, 0.717) is 20.1 Å². The molecule has 0 aliphatic carbocycles. The van der Waals surface area contributed by atoms with Gasteiger partial charge in [0, 0.05) is 10.0 Å². The van der Waals surface area contributed by atoms with Crippen LogP contribution in [0.5, 0.6) is 5.75 Å². The largest absolute Gasteiger partial charge is 0.497 e. The average Bonchev–Trinajstić information content (AvgIpc) is 2.59. The van der Waals surface area contributed by atoms with Crippen LogP contribution in [-0.4, -0.2) is 7.11 Å². The Bertz CT molecular complexity index is 845. The lowest BCUT2D eigenvalue weighted by Crippen LogP contribution is -2.06. The minimum absolute atomic E-state index is 0.501. The van der Waals surface area contributed by atoms with E-state index in [2.05, 4.69) is 0 Å². The molecule has 0 radical (unpaired) electrons. The molecule has 0 aliphatic rings. The molecule has 0 atom stereocenters. The summed E-state index contributed by atoms with van der Waals surface area (Å²) in [4.78, 5) is 2.95. The summed E-state index contributed by atoms with van der Waals surface area (Å²) in [6.45, 7) is 0. The van der Waals surface area contributed by atoms with Crippen molar-refractivity contribution in [3.8, 4) is 5.75 Å². The molecule has 0 fully saturated rings. The Morgan fingerprint density at radius 2 is 1.16 bits per heavy atom. The standard InChI is InChI=1S/C19H13Cl4OS/c1-24-14-4-6-15(7-5-14)25(18-8-2-12(20)10-16(18)22)19-9-3-13(21)11-17(19)23/h2-11H,1H3/q+1. The predicted molar refractivity (Wildman–Crippen MR) is 108 cm³/mol. The monoisotopic (exact) mass is 429 g/mol. The Hall–Kier alpha value is -1.03. The molecule has 0 spiro atoms. The second kappa shape index (κ2) is 8.11. The highest BCUT2D eigenvalue weighted by Crippen LogP contribution is 2.40. The van der Waals surface area contributed by atoms with E-state index < -0.39 is 10.9 Å². The highest BCUT2D eigenvalue weighted by atomic mass is 35.5. The van der Waals surface area contributed by atoms with E-state index in [1.807, 2.05) is 48.5 Å². The fourth-order valence-electron chi connectivity index (χ4n) is 2.37. The van der Waals surface area contributed by atoms with Crippen LogP contribution in [-0.2, 0) is 10.9 Å². The maximum atomic E-state index is 6.49. The number of ether oxygens (including phenoxy) is 1. The predicted octanol–water partition coefficient (Wildman–Crippen LogP) is 7.40. The van der Waals surface area contributed by atoms with Gasteiger partial charge < -0.3 is 4.74 Å². The van der Waals surface area contributed by atoms with Gasteiger partial charge in [0.15, 0.2) is 14.7 Å². The third-order valence-electron chi connectivity index (χ3n) is 3.52. The van der Waals surface area contributed by atoms with Crippen LogP contribution in [0.4, 0.5) is 0 Å². The van der Waals surface area contributed by atoms with Crippen molar-refractivity contribution in [1.29, 1.82) is 0 Å². The molecule has 1 nitrogen and oxygen atoms in total. The number of halogens is 4. The van der Waals surface area contributed by atoms with Gasteiger partial charge in [-0.05, 0) is 60.7 Å². The molecular formula is C19H13Cl4OS+. The van der Waals surface area contributed by atoms with Crippen molar-refractivity contribution in [3.05, 3.63) is 80.8 Å². The molecule has 0 amide bonds. The number of hydrogen-bond donors (Lipinski definition) is 0. The van der Waals surface area contributed by atoms with Crippen molar-refractivity contribution in [3.63, 3.8) is 0 Å². The zero-order chi connectivity index (χ0) is 18.0. The topological polar surface area (TPSA) is 9.23 Å². The third-order valence-corrected chi connectivity index (χ3v) is 7.18. The zero-order valence-corrected chi connectivity index (χ0v) is 16.9. The summed E-state index contributed by atoms with van der Waals surface area (Å²) in [7, 11) is 1.14. The molecule has 3 aromatic carbocycles.